The summed E-state index contributed by atoms with van der Waals surface area (Å²) >= 11 is 1.41. The maximum absolute atomic E-state index is 12.0. The molecular formula is C13H15N3O2S. The maximum Gasteiger partial charge on any atom is 0.243 e. The summed E-state index contributed by atoms with van der Waals surface area (Å²) in [5, 5.41) is 8.57. The molecule has 0 saturated carbocycles. The number of piperidine rings is 1. The van der Waals surface area contributed by atoms with E-state index < -0.39 is 0 Å². The minimum Gasteiger partial charge on any atom is -0.463 e. The molecular weight excluding hydrogens is 262 g/mol. The van der Waals surface area contributed by atoms with Crippen molar-refractivity contribution >= 4 is 22.4 Å². The number of anilines is 1. The van der Waals surface area contributed by atoms with Crippen LogP contribution >= 0.6 is 11.3 Å². The van der Waals surface area contributed by atoms with Crippen LogP contribution in [0.3, 0.4) is 0 Å². The number of nitrogens with one attached hydrogen (secondary N) is 2. The second-order valence-corrected chi connectivity index (χ2v) is 5.37. The normalized spacial score (nSPS) is 19.3. The highest BCUT2D eigenvalue weighted by Crippen LogP contribution is 2.25. The van der Waals surface area contributed by atoms with Crippen LogP contribution in [-0.2, 0) is 4.79 Å². The van der Waals surface area contributed by atoms with Gasteiger partial charge in [-0.3, -0.25) is 4.79 Å². The van der Waals surface area contributed by atoms with E-state index >= 15 is 0 Å². The number of hydrogen-bond acceptors (Lipinski definition) is 5. The van der Waals surface area contributed by atoms with E-state index in [0.717, 1.165) is 31.5 Å². The molecule has 5 nitrogen and oxygen atoms in total. The van der Waals surface area contributed by atoms with E-state index in [2.05, 4.69) is 15.6 Å². The van der Waals surface area contributed by atoms with Gasteiger partial charge in [-0.2, -0.15) is 0 Å². The molecule has 1 saturated heterocycles. The van der Waals surface area contributed by atoms with Crippen molar-refractivity contribution in [2.75, 3.05) is 11.9 Å². The molecule has 19 heavy (non-hydrogen) atoms. The monoisotopic (exact) mass is 277 g/mol. The van der Waals surface area contributed by atoms with Crippen LogP contribution in [0.1, 0.15) is 19.3 Å². The van der Waals surface area contributed by atoms with Crippen molar-refractivity contribution < 1.29 is 9.21 Å². The Bertz CT molecular complexity index is 544. The summed E-state index contributed by atoms with van der Waals surface area (Å²) in [5.74, 6) is 0.715. The predicted octanol–water partition coefficient (Wildman–Crippen LogP) is 2.48. The van der Waals surface area contributed by atoms with Crippen LogP contribution in [0.15, 0.2) is 28.2 Å². The zero-order chi connectivity index (χ0) is 13.1. The zero-order valence-electron chi connectivity index (χ0n) is 10.4. The Morgan fingerprint density at radius 1 is 1.53 bits per heavy atom. The lowest BCUT2D eigenvalue weighted by Crippen LogP contribution is -2.43. The van der Waals surface area contributed by atoms with Gasteiger partial charge >= 0.3 is 0 Å². The highest BCUT2D eigenvalue weighted by atomic mass is 32.1. The van der Waals surface area contributed by atoms with Crippen LogP contribution in [0.5, 0.6) is 0 Å². The summed E-state index contributed by atoms with van der Waals surface area (Å²) in [6.07, 6.45) is 4.74. The molecule has 1 atom stereocenters. The number of amides is 1. The minimum absolute atomic E-state index is 0.0000416. The molecule has 6 heteroatoms. The third-order valence-electron chi connectivity index (χ3n) is 3.13. The Balaban J connectivity index is 1.65. The molecule has 2 aromatic rings. The number of carbonyl (C=O) groups excluding carboxylic acids is 1. The maximum atomic E-state index is 12.0. The van der Waals surface area contributed by atoms with Gasteiger partial charge in [0, 0.05) is 5.38 Å². The van der Waals surface area contributed by atoms with Crippen molar-refractivity contribution in [1.82, 2.24) is 10.3 Å². The van der Waals surface area contributed by atoms with Gasteiger partial charge in [-0.25, -0.2) is 4.98 Å². The molecule has 1 aliphatic rings. The van der Waals surface area contributed by atoms with Gasteiger partial charge in [0.25, 0.3) is 0 Å². The molecule has 0 aliphatic carbocycles. The molecule has 2 N–H and O–H groups in total. The van der Waals surface area contributed by atoms with E-state index in [1.165, 1.54) is 11.3 Å². The molecule has 1 unspecified atom stereocenters. The fourth-order valence-electron chi connectivity index (χ4n) is 2.14. The van der Waals surface area contributed by atoms with Crippen LogP contribution in [0.4, 0.5) is 5.13 Å². The van der Waals surface area contributed by atoms with Crippen molar-refractivity contribution in [3.05, 3.63) is 23.8 Å². The summed E-state index contributed by atoms with van der Waals surface area (Å²) < 4.78 is 5.27. The van der Waals surface area contributed by atoms with Gasteiger partial charge in [-0.15, -0.1) is 11.3 Å². The minimum atomic E-state index is -0.0929. The summed E-state index contributed by atoms with van der Waals surface area (Å²) in [6.45, 7) is 0.910. The van der Waals surface area contributed by atoms with Gasteiger partial charge in [-0.1, -0.05) is 6.42 Å². The highest BCUT2D eigenvalue weighted by Gasteiger charge is 2.21. The number of carbonyl (C=O) groups is 1. The number of aromatic nitrogens is 1. The summed E-state index contributed by atoms with van der Waals surface area (Å²) in [7, 11) is 0. The molecule has 1 aliphatic heterocycles. The molecule has 3 rings (SSSR count). The second-order valence-electron chi connectivity index (χ2n) is 4.51. The van der Waals surface area contributed by atoms with E-state index in [-0.39, 0.29) is 11.9 Å². The highest BCUT2D eigenvalue weighted by molar-refractivity contribution is 7.14. The standard InChI is InChI=1S/C13H15N3O2S/c17-12(9-4-1-2-6-14-9)16-13-15-10(8-19-13)11-5-3-7-18-11/h3,5,7-9,14H,1-2,4,6H2,(H,15,16,17). The number of nitrogens with zero attached hydrogens (tertiary/aromatic N) is 1. The first-order valence-electron chi connectivity index (χ1n) is 6.36. The van der Waals surface area contributed by atoms with E-state index in [0.29, 0.717) is 10.9 Å². The largest absolute Gasteiger partial charge is 0.463 e. The number of thiazole rings is 1. The first-order valence-corrected chi connectivity index (χ1v) is 7.24. The molecule has 0 aromatic carbocycles. The van der Waals surface area contributed by atoms with E-state index in [1.807, 2.05) is 17.5 Å². The Morgan fingerprint density at radius 2 is 2.47 bits per heavy atom. The van der Waals surface area contributed by atoms with Crippen LogP contribution in [-0.4, -0.2) is 23.5 Å². The SMILES string of the molecule is O=C(Nc1nc(-c2ccco2)cs1)C1CCCCN1. The van der Waals surface area contributed by atoms with Crippen molar-refractivity contribution in [1.29, 1.82) is 0 Å². The topological polar surface area (TPSA) is 67.2 Å². The second kappa shape index (κ2) is 5.54. The summed E-state index contributed by atoms with van der Waals surface area (Å²) in [5.41, 5.74) is 0.752. The summed E-state index contributed by atoms with van der Waals surface area (Å²) in [4.78, 5) is 16.4. The average molecular weight is 277 g/mol. The van der Waals surface area contributed by atoms with E-state index in [9.17, 15) is 4.79 Å². The van der Waals surface area contributed by atoms with Crippen molar-refractivity contribution in [3.63, 3.8) is 0 Å². The van der Waals surface area contributed by atoms with Gasteiger partial charge in [0.05, 0.1) is 12.3 Å². The molecule has 0 spiro atoms. The number of furan rings is 1. The van der Waals surface area contributed by atoms with E-state index in [1.54, 1.807) is 6.26 Å². The molecule has 2 aromatic heterocycles. The smallest absolute Gasteiger partial charge is 0.243 e. The molecule has 3 heterocycles. The Morgan fingerprint density at radius 3 is 3.21 bits per heavy atom. The number of rotatable bonds is 3. The van der Waals surface area contributed by atoms with Gasteiger partial charge in [-0.05, 0) is 31.5 Å². The first kappa shape index (κ1) is 12.4. The number of hydrogen-bond donors (Lipinski definition) is 2. The Kier molecular flexibility index (Phi) is 3.61. The van der Waals surface area contributed by atoms with Gasteiger partial charge < -0.3 is 15.1 Å². The fraction of sp³-hybridized carbons (Fsp3) is 0.385. The quantitative estimate of drug-likeness (QED) is 0.904. The lowest BCUT2D eigenvalue weighted by atomic mass is 10.0. The van der Waals surface area contributed by atoms with E-state index in [4.69, 9.17) is 4.42 Å². The third-order valence-corrected chi connectivity index (χ3v) is 3.89. The molecule has 100 valence electrons. The van der Waals surface area contributed by atoms with Crippen molar-refractivity contribution in [3.8, 4) is 11.5 Å². The lowest BCUT2D eigenvalue weighted by Gasteiger charge is -2.21. The van der Waals surface area contributed by atoms with Crippen LogP contribution in [0.25, 0.3) is 11.5 Å². The van der Waals surface area contributed by atoms with Crippen LogP contribution in [0, 0.1) is 0 Å². The molecule has 0 bridgehead atoms. The fourth-order valence-corrected chi connectivity index (χ4v) is 2.84. The molecule has 0 radical (unpaired) electrons. The Hall–Kier alpha value is -1.66. The molecule has 1 fully saturated rings. The van der Waals surface area contributed by atoms with Crippen molar-refractivity contribution in [2.45, 2.75) is 25.3 Å². The Labute approximate surface area is 115 Å². The molecule has 1 amide bonds. The summed E-state index contributed by atoms with van der Waals surface area (Å²) in [6, 6.07) is 3.58. The zero-order valence-corrected chi connectivity index (χ0v) is 11.2. The third kappa shape index (κ3) is 2.85. The van der Waals surface area contributed by atoms with Crippen LogP contribution < -0.4 is 10.6 Å². The lowest BCUT2D eigenvalue weighted by molar-refractivity contribution is -0.118. The predicted molar refractivity (Wildman–Crippen MR) is 74.1 cm³/mol. The van der Waals surface area contributed by atoms with Gasteiger partial charge in [0.1, 0.15) is 5.69 Å². The first-order chi connectivity index (χ1) is 9.33. The van der Waals surface area contributed by atoms with Crippen LogP contribution in [0.2, 0.25) is 0 Å². The average Bonchev–Trinajstić information content (AvgIpc) is 3.10. The van der Waals surface area contributed by atoms with Crippen molar-refractivity contribution in [2.24, 2.45) is 0 Å². The van der Waals surface area contributed by atoms with Gasteiger partial charge in [0.2, 0.25) is 5.91 Å². The van der Waals surface area contributed by atoms with Gasteiger partial charge in [0.15, 0.2) is 10.9 Å².